The average Bonchev–Trinajstić information content (AvgIpc) is 2.25. The Morgan fingerprint density at radius 3 is 2.80 bits per heavy atom. The molecule has 0 bridgehead atoms. The van der Waals surface area contributed by atoms with Crippen LogP contribution < -0.4 is 5.73 Å². The minimum Gasteiger partial charge on any atom is -0.381 e. The Bertz CT molecular complexity index is 339. The SMILES string of the molecule is Nc1nnc(CC2CCSCC2)cc1Br. The van der Waals surface area contributed by atoms with Gasteiger partial charge in [0.25, 0.3) is 0 Å². The quantitative estimate of drug-likeness (QED) is 0.908. The summed E-state index contributed by atoms with van der Waals surface area (Å²) in [6, 6.07) is 1.99. The summed E-state index contributed by atoms with van der Waals surface area (Å²) >= 11 is 5.43. The molecule has 0 aliphatic carbocycles. The predicted octanol–water partition coefficient (Wildman–Crippen LogP) is 2.51. The molecular weight excluding hydrogens is 274 g/mol. The molecule has 82 valence electrons. The smallest absolute Gasteiger partial charge is 0.160 e. The molecule has 3 nitrogen and oxygen atoms in total. The molecule has 0 spiro atoms. The van der Waals surface area contributed by atoms with Crippen molar-refractivity contribution in [2.45, 2.75) is 19.3 Å². The van der Waals surface area contributed by atoms with Crippen LogP contribution in [0.3, 0.4) is 0 Å². The minimum atomic E-state index is 0.470. The van der Waals surface area contributed by atoms with Gasteiger partial charge in [-0.05, 0) is 58.7 Å². The molecule has 2 rings (SSSR count). The zero-order chi connectivity index (χ0) is 10.7. The minimum absolute atomic E-state index is 0.470. The Morgan fingerprint density at radius 2 is 2.13 bits per heavy atom. The number of thioether (sulfide) groups is 1. The van der Waals surface area contributed by atoms with Gasteiger partial charge in [0.2, 0.25) is 0 Å². The molecule has 0 aromatic carbocycles. The maximum Gasteiger partial charge on any atom is 0.160 e. The van der Waals surface area contributed by atoms with Crippen LogP contribution in [0.2, 0.25) is 0 Å². The number of anilines is 1. The molecule has 0 unspecified atom stereocenters. The van der Waals surface area contributed by atoms with Gasteiger partial charge in [-0.3, -0.25) is 0 Å². The summed E-state index contributed by atoms with van der Waals surface area (Å²) in [6.07, 6.45) is 3.63. The second-order valence-corrected chi connectivity index (χ2v) is 5.91. The molecule has 0 radical (unpaired) electrons. The van der Waals surface area contributed by atoms with E-state index in [0.717, 1.165) is 22.5 Å². The molecule has 0 amide bonds. The van der Waals surface area contributed by atoms with Gasteiger partial charge in [0.05, 0.1) is 10.2 Å². The maximum atomic E-state index is 5.60. The first kappa shape index (κ1) is 11.2. The van der Waals surface area contributed by atoms with Gasteiger partial charge in [-0.15, -0.1) is 5.10 Å². The van der Waals surface area contributed by atoms with E-state index in [0.29, 0.717) is 5.82 Å². The second kappa shape index (κ2) is 5.16. The van der Waals surface area contributed by atoms with Crippen LogP contribution in [0, 0.1) is 5.92 Å². The summed E-state index contributed by atoms with van der Waals surface area (Å²) in [5, 5.41) is 8.04. The molecule has 5 heteroatoms. The van der Waals surface area contributed by atoms with Crippen molar-refractivity contribution in [1.29, 1.82) is 0 Å². The Hall–Kier alpha value is -0.290. The van der Waals surface area contributed by atoms with Gasteiger partial charge in [-0.2, -0.15) is 16.9 Å². The summed E-state index contributed by atoms with van der Waals surface area (Å²) in [5.74, 6) is 3.82. The van der Waals surface area contributed by atoms with Crippen molar-refractivity contribution in [2.75, 3.05) is 17.2 Å². The van der Waals surface area contributed by atoms with Crippen LogP contribution in [-0.2, 0) is 6.42 Å². The normalized spacial score (nSPS) is 17.9. The van der Waals surface area contributed by atoms with Gasteiger partial charge in [-0.25, -0.2) is 0 Å². The van der Waals surface area contributed by atoms with Crippen LogP contribution in [0.5, 0.6) is 0 Å². The van der Waals surface area contributed by atoms with Crippen LogP contribution in [0.25, 0.3) is 0 Å². The van der Waals surface area contributed by atoms with Crippen molar-refractivity contribution in [3.63, 3.8) is 0 Å². The molecule has 1 aliphatic heterocycles. The van der Waals surface area contributed by atoms with Gasteiger partial charge in [0.1, 0.15) is 0 Å². The van der Waals surface area contributed by atoms with Crippen molar-refractivity contribution in [3.8, 4) is 0 Å². The van der Waals surface area contributed by atoms with Gasteiger partial charge in [0.15, 0.2) is 5.82 Å². The van der Waals surface area contributed by atoms with Gasteiger partial charge in [-0.1, -0.05) is 0 Å². The number of nitrogens with two attached hydrogens (primary N) is 1. The molecular formula is C10H14BrN3S. The average molecular weight is 288 g/mol. The largest absolute Gasteiger partial charge is 0.381 e. The van der Waals surface area contributed by atoms with Gasteiger partial charge in [0, 0.05) is 0 Å². The van der Waals surface area contributed by atoms with E-state index in [1.165, 1.54) is 24.3 Å². The van der Waals surface area contributed by atoms with Crippen LogP contribution >= 0.6 is 27.7 Å². The third kappa shape index (κ3) is 3.08. The monoisotopic (exact) mass is 287 g/mol. The fourth-order valence-corrected chi connectivity index (χ4v) is 3.31. The molecule has 0 saturated carbocycles. The molecule has 15 heavy (non-hydrogen) atoms. The number of aromatic nitrogens is 2. The van der Waals surface area contributed by atoms with Crippen molar-refractivity contribution >= 4 is 33.5 Å². The molecule has 1 aromatic rings. The number of rotatable bonds is 2. The fourth-order valence-electron chi connectivity index (χ4n) is 1.76. The van der Waals surface area contributed by atoms with Gasteiger partial charge < -0.3 is 5.73 Å². The summed E-state index contributed by atoms with van der Waals surface area (Å²) in [5.41, 5.74) is 6.65. The number of hydrogen-bond acceptors (Lipinski definition) is 4. The number of hydrogen-bond donors (Lipinski definition) is 1. The molecule has 2 heterocycles. The lowest BCUT2D eigenvalue weighted by Crippen LogP contribution is -2.13. The first-order chi connectivity index (χ1) is 7.25. The van der Waals surface area contributed by atoms with Crippen molar-refractivity contribution in [1.82, 2.24) is 10.2 Å². The third-order valence-corrected chi connectivity index (χ3v) is 4.35. The van der Waals surface area contributed by atoms with Crippen molar-refractivity contribution < 1.29 is 0 Å². The van der Waals surface area contributed by atoms with Crippen LogP contribution in [0.4, 0.5) is 5.82 Å². The lowest BCUT2D eigenvalue weighted by atomic mass is 9.97. The van der Waals surface area contributed by atoms with E-state index in [9.17, 15) is 0 Å². The van der Waals surface area contributed by atoms with Crippen LogP contribution in [0.15, 0.2) is 10.5 Å². The molecule has 1 fully saturated rings. The Morgan fingerprint density at radius 1 is 1.40 bits per heavy atom. The lowest BCUT2D eigenvalue weighted by molar-refractivity contribution is 0.480. The number of nitrogen functional groups attached to an aromatic ring is 1. The molecule has 1 aliphatic rings. The maximum absolute atomic E-state index is 5.60. The van der Waals surface area contributed by atoms with E-state index in [-0.39, 0.29) is 0 Å². The predicted molar refractivity (Wildman–Crippen MR) is 67.9 cm³/mol. The summed E-state index contributed by atoms with van der Waals surface area (Å²) in [6.45, 7) is 0. The summed E-state index contributed by atoms with van der Waals surface area (Å²) < 4.78 is 0.859. The van der Waals surface area contributed by atoms with Gasteiger partial charge >= 0.3 is 0 Å². The van der Waals surface area contributed by atoms with E-state index in [4.69, 9.17) is 5.73 Å². The van der Waals surface area contributed by atoms with Crippen molar-refractivity contribution in [2.24, 2.45) is 5.92 Å². The van der Waals surface area contributed by atoms with E-state index in [1.54, 1.807) is 0 Å². The number of nitrogens with zero attached hydrogens (tertiary/aromatic N) is 2. The van der Waals surface area contributed by atoms with Crippen molar-refractivity contribution in [3.05, 3.63) is 16.2 Å². The van der Waals surface area contributed by atoms with E-state index < -0.39 is 0 Å². The lowest BCUT2D eigenvalue weighted by Gasteiger charge is -2.20. The third-order valence-electron chi connectivity index (χ3n) is 2.66. The highest BCUT2D eigenvalue weighted by Crippen LogP contribution is 2.26. The van der Waals surface area contributed by atoms with Crippen LogP contribution in [0.1, 0.15) is 18.5 Å². The molecule has 2 N–H and O–H groups in total. The Labute approximate surface area is 102 Å². The highest BCUT2D eigenvalue weighted by molar-refractivity contribution is 9.10. The second-order valence-electron chi connectivity index (χ2n) is 3.83. The standard InChI is InChI=1S/C10H14BrN3S/c11-9-6-8(13-14-10(9)12)5-7-1-3-15-4-2-7/h6-7H,1-5H2,(H2,12,14). The number of halogens is 1. The zero-order valence-corrected chi connectivity index (χ0v) is 10.9. The molecule has 1 saturated heterocycles. The highest BCUT2D eigenvalue weighted by atomic mass is 79.9. The zero-order valence-electron chi connectivity index (χ0n) is 8.45. The van der Waals surface area contributed by atoms with E-state index in [2.05, 4.69) is 26.1 Å². The summed E-state index contributed by atoms with van der Waals surface area (Å²) in [4.78, 5) is 0. The fraction of sp³-hybridized carbons (Fsp3) is 0.600. The first-order valence-corrected chi connectivity index (χ1v) is 7.06. The first-order valence-electron chi connectivity index (χ1n) is 5.11. The summed E-state index contributed by atoms with van der Waals surface area (Å²) in [7, 11) is 0. The Kier molecular flexibility index (Phi) is 3.86. The van der Waals surface area contributed by atoms with Crippen LogP contribution in [-0.4, -0.2) is 21.7 Å². The van der Waals surface area contributed by atoms with E-state index >= 15 is 0 Å². The highest BCUT2D eigenvalue weighted by Gasteiger charge is 2.15. The Balaban J connectivity index is 2.00. The van der Waals surface area contributed by atoms with E-state index in [1.807, 2.05) is 17.8 Å². The molecule has 0 atom stereocenters. The topological polar surface area (TPSA) is 51.8 Å². The molecule has 1 aromatic heterocycles.